The van der Waals surface area contributed by atoms with Crippen LogP contribution in [-0.4, -0.2) is 18.1 Å². The van der Waals surface area contributed by atoms with E-state index >= 15 is 0 Å². The molecule has 0 aliphatic carbocycles. The minimum Gasteiger partial charge on any atom is -0.328 e. The van der Waals surface area contributed by atoms with Crippen LogP contribution in [0.15, 0.2) is 0 Å². The largest absolute Gasteiger partial charge is 0.328 e. The molecule has 2 heteroatoms. The highest BCUT2D eigenvalue weighted by atomic mass is 32.2. The van der Waals surface area contributed by atoms with Crippen molar-refractivity contribution in [2.24, 2.45) is 5.73 Å². The molecule has 0 fully saturated rings. The lowest BCUT2D eigenvalue weighted by atomic mass is 10.1. The molecule has 0 saturated heterocycles. The van der Waals surface area contributed by atoms with Gasteiger partial charge in [0.15, 0.2) is 0 Å². The Bertz CT molecular complexity index is 76.0. The Morgan fingerprint density at radius 1 is 1.27 bits per heavy atom. The minimum atomic E-state index is 0.448. The maximum absolute atomic E-state index is 5.78. The lowest BCUT2D eigenvalue weighted by Crippen LogP contribution is -2.17. The molecule has 1 nitrogen and oxygen atoms in total. The summed E-state index contributed by atoms with van der Waals surface area (Å²) in [6.45, 7) is 2.16. The van der Waals surface area contributed by atoms with E-state index in [0.29, 0.717) is 6.04 Å². The Hall–Kier alpha value is 0.310. The van der Waals surface area contributed by atoms with E-state index in [1.54, 1.807) is 0 Å². The van der Waals surface area contributed by atoms with E-state index < -0.39 is 0 Å². The maximum atomic E-state index is 5.78. The molecule has 0 aromatic carbocycles. The van der Waals surface area contributed by atoms with Crippen molar-refractivity contribution in [1.82, 2.24) is 0 Å². The second kappa shape index (κ2) is 8.41. The van der Waals surface area contributed by atoms with Gasteiger partial charge in [0, 0.05) is 6.04 Å². The molecule has 2 N–H and O–H groups in total. The first kappa shape index (κ1) is 11.3. The summed E-state index contributed by atoms with van der Waals surface area (Å²) in [6, 6.07) is 0.448. The molecule has 0 rings (SSSR count). The zero-order chi connectivity index (χ0) is 8.53. The third-order valence-electron chi connectivity index (χ3n) is 1.95. The van der Waals surface area contributed by atoms with Gasteiger partial charge in [-0.05, 0) is 31.3 Å². The van der Waals surface area contributed by atoms with Crippen LogP contribution >= 0.6 is 11.8 Å². The summed E-state index contributed by atoms with van der Waals surface area (Å²) in [5.74, 6) is 1.31. The minimum absolute atomic E-state index is 0.448. The van der Waals surface area contributed by atoms with Crippen molar-refractivity contribution in [3.63, 3.8) is 0 Å². The second-order valence-corrected chi connectivity index (χ2v) is 4.00. The highest BCUT2D eigenvalue weighted by Gasteiger charge is 1.97. The van der Waals surface area contributed by atoms with Crippen molar-refractivity contribution in [1.29, 1.82) is 0 Å². The molecule has 0 radical (unpaired) electrons. The molecule has 0 bridgehead atoms. The van der Waals surface area contributed by atoms with Crippen LogP contribution in [0.4, 0.5) is 0 Å². The Labute approximate surface area is 75.1 Å². The van der Waals surface area contributed by atoms with E-state index in [-0.39, 0.29) is 0 Å². The van der Waals surface area contributed by atoms with E-state index in [2.05, 4.69) is 13.2 Å². The summed E-state index contributed by atoms with van der Waals surface area (Å²) >= 11 is 1.93. The van der Waals surface area contributed by atoms with Gasteiger partial charge in [-0.3, -0.25) is 0 Å². The van der Waals surface area contributed by atoms with Crippen LogP contribution in [0.1, 0.15) is 39.0 Å². The molecule has 0 aliphatic heterocycles. The number of unbranched alkanes of at least 4 members (excludes halogenated alkanes) is 2. The quantitative estimate of drug-likeness (QED) is 0.602. The third kappa shape index (κ3) is 8.21. The first-order chi connectivity index (χ1) is 5.31. The van der Waals surface area contributed by atoms with Crippen LogP contribution in [0.25, 0.3) is 0 Å². The summed E-state index contributed by atoms with van der Waals surface area (Å²) in [7, 11) is 0. The Morgan fingerprint density at radius 2 is 2.00 bits per heavy atom. The maximum Gasteiger partial charge on any atom is 0.00362 e. The number of thioether (sulfide) groups is 1. The summed E-state index contributed by atoms with van der Waals surface area (Å²) < 4.78 is 0. The monoisotopic (exact) mass is 175 g/mol. The Morgan fingerprint density at radius 3 is 2.55 bits per heavy atom. The van der Waals surface area contributed by atoms with E-state index in [0.717, 1.165) is 6.42 Å². The average Bonchev–Trinajstić information content (AvgIpc) is 2.04. The standard InChI is InChI=1S/C9H21NS/c1-3-9(10)7-5-4-6-8-11-2/h9H,3-8,10H2,1-2H3. The average molecular weight is 175 g/mol. The van der Waals surface area contributed by atoms with Crippen LogP contribution in [0.5, 0.6) is 0 Å². The molecule has 1 unspecified atom stereocenters. The number of rotatable bonds is 7. The normalized spacial score (nSPS) is 13.4. The third-order valence-corrected chi connectivity index (χ3v) is 2.64. The molecule has 11 heavy (non-hydrogen) atoms. The van der Waals surface area contributed by atoms with Crippen molar-refractivity contribution in [3.05, 3.63) is 0 Å². The molecule has 0 saturated carbocycles. The van der Waals surface area contributed by atoms with Crippen LogP contribution in [-0.2, 0) is 0 Å². The van der Waals surface area contributed by atoms with Gasteiger partial charge in [0.05, 0.1) is 0 Å². The zero-order valence-corrected chi connectivity index (χ0v) is 8.62. The fraction of sp³-hybridized carbons (Fsp3) is 1.00. The van der Waals surface area contributed by atoms with E-state index in [1.807, 2.05) is 11.8 Å². The lowest BCUT2D eigenvalue weighted by molar-refractivity contribution is 0.549. The molecule has 0 amide bonds. The summed E-state index contributed by atoms with van der Waals surface area (Å²) in [4.78, 5) is 0. The first-order valence-electron chi connectivity index (χ1n) is 4.55. The van der Waals surface area contributed by atoms with E-state index in [1.165, 1.54) is 31.4 Å². The fourth-order valence-corrected chi connectivity index (χ4v) is 1.53. The predicted octanol–water partition coefficient (Wildman–Crippen LogP) is 2.65. The predicted molar refractivity (Wildman–Crippen MR) is 55.1 cm³/mol. The first-order valence-corrected chi connectivity index (χ1v) is 5.95. The highest BCUT2D eigenvalue weighted by Crippen LogP contribution is 2.06. The van der Waals surface area contributed by atoms with Gasteiger partial charge in [-0.2, -0.15) is 11.8 Å². The number of nitrogens with two attached hydrogens (primary N) is 1. The van der Waals surface area contributed by atoms with E-state index in [4.69, 9.17) is 5.73 Å². The van der Waals surface area contributed by atoms with Gasteiger partial charge < -0.3 is 5.73 Å². The van der Waals surface area contributed by atoms with E-state index in [9.17, 15) is 0 Å². The van der Waals surface area contributed by atoms with Crippen LogP contribution in [0, 0.1) is 0 Å². The molecular weight excluding hydrogens is 154 g/mol. The van der Waals surface area contributed by atoms with Crippen LogP contribution < -0.4 is 5.73 Å². The van der Waals surface area contributed by atoms with Crippen molar-refractivity contribution in [2.45, 2.75) is 45.1 Å². The molecule has 68 valence electrons. The van der Waals surface area contributed by atoms with Crippen LogP contribution in [0.3, 0.4) is 0 Å². The topological polar surface area (TPSA) is 26.0 Å². The van der Waals surface area contributed by atoms with Gasteiger partial charge >= 0.3 is 0 Å². The van der Waals surface area contributed by atoms with Gasteiger partial charge in [0.25, 0.3) is 0 Å². The van der Waals surface area contributed by atoms with Crippen molar-refractivity contribution >= 4 is 11.8 Å². The molecule has 0 aromatic heterocycles. The number of hydrogen-bond acceptors (Lipinski definition) is 2. The summed E-state index contributed by atoms with van der Waals surface area (Å²) in [6.07, 6.45) is 8.53. The highest BCUT2D eigenvalue weighted by molar-refractivity contribution is 7.98. The zero-order valence-electron chi connectivity index (χ0n) is 7.81. The van der Waals surface area contributed by atoms with Gasteiger partial charge in [-0.15, -0.1) is 0 Å². The molecule has 0 aromatic rings. The SMILES string of the molecule is CCC(N)CCCCCSC. The van der Waals surface area contributed by atoms with Crippen molar-refractivity contribution in [2.75, 3.05) is 12.0 Å². The van der Waals surface area contributed by atoms with Crippen molar-refractivity contribution < 1.29 is 0 Å². The summed E-state index contributed by atoms with van der Waals surface area (Å²) in [5, 5.41) is 0. The molecule has 0 spiro atoms. The molecule has 1 atom stereocenters. The second-order valence-electron chi connectivity index (χ2n) is 3.01. The van der Waals surface area contributed by atoms with Crippen molar-refractivity contribution in [3.8, 4) is 0 Å². The Balaban J connectivity index is 2.89. The van der Waals surface area contributed by atoms with Gasteiger partial charge in [0.1, 0.15) is 0 Å². The smallest absolute Gasteiger partial charge is 0.00362 e. The molecule has 0 heterocycles. The number of hydrogen-bond donors (Lipinski definition) is 1. The lowest BCUT2D eigenvalue weighted by Gasteiger charge is -2.06. The Kier molecular flexibility index (Phi) is 8.64. The summed E-state index contributed by atoms with van der Waals surface area (Å²) in [5.41, 5.74) is 5.78. The van der Waals surface area contributed by atoms with Crippen LogP contribution in [0.2, 0.25) is 0 Å². The van der Waals surface area contributed by atoms with Gasteiger partial charge in [0.2, 0.25) is 0 Å². The van der Waals surface area contributed by atoms with Gasteiger partial charge in [-0.25, -0.2) is 0 Å². The molecule has 0 aliphatic rings. The van der Waals surface area contributed by atoms with Gasteiger partial charge in [-0.1, -0.05) is 19.8 Å². The molecular formula is C9H21NS. The fourth-order valence-electron chi connectivity index (χ4n) is 1.03.